The van der Waals surface area contributed by atoms with E-state index >= 15 is 9.59 Å². The van der Waals surface area contributed by atoms with Gasteiger partial charge in [0.15, 0.2) is 0 Å². The highest BCUT2D eigenvalue weighted by Gasteiger charge is 2.28. The number of rotatable bonds is 72. The minimum atomic E-state index is -0.475. The van der Waals surface area contributed by atoms with Crippen molar-refractivity contribution in [1.29, 1.82) is 0 Å². The van der Waals surface area contributed by atoms with Gasteiger partial charge in [0.2, 0.25) is 0 Å². The van der Waals surface area contributed by atoms with Gasteiger partial charge in [-0.3, -0.25) is 0 Å². The van der Waals surface area contributed by atoms with E-state index in [2.05, 4.69) is 112 Å². The molecule has 0 spiro atoms. The van der Waals surface area contributed by atoms with Crippen molar-refractivity contribution in [1.82, 2.24) is 0 Å². The highest BCUT2D eigenvalue weighted by Crippen LogP contribution is 2.44. The molecule has 8 N–H and O–H groups in total. The molecule has 20 nitrogen and oxygen atoms in total. The van der Waals surface area contributed by atoms with Crippen molar-refractivity contribution in [2.75, 3.05) is 96.4 Å². The summed E-state index contributed by atoms with van der Waals surface area (Å²) in [6.07, 6.45) is 54.2. The molecular weight excluding hydrogens is 1790 g/mol. The van der Waals surface area contributed by atoms with Crippen LogP contribution in [-0.4, -0.2) is 78.0 Å². The number of hydrogen-bond acceptors (Lipinski definition) is 12. The van der Waals surface area contributed by atoms with Gasteiger partial charge in [0, 0.05) is 116 Å². The van der Waals surface area contributed by atoms with Gasteiger partial charge in [0.05, 0.1) is 53.9 Å². The summed E-state index contributed by atoms with van der Waals surface area (Å²) in [7, 11) is 3.32. The zero-order chi connectivity index (χ0) is 102. The predicted molar refractivity (Wildman–Crippen MR) is 602 cm³/mol. The van der Waals surface area contributed by atoms with Crippen molar-refractivity contribution < 1.29 is 57.1 Å². The first-order chi connectivity index (χ1) is 70.5. The molecule has 0 radical (unpaired) electrons. The van der Waals surface area contributed by atoms with Crippen molar-refractivity contribution in [3.8, 4) is 46.0 Å². The van der Waals surface area contributed by atoms with Crippen LogP contribution in [0, 0.1) is 23.7 Å². The zero-order valence-corrected chi connectivity index (χ0v) is 90.7. The number of hydrogen-bond donors (Lipinski definition) is 8. The third kappa shape index (κ3) is 43.9. The van der Waals surface area contributed by atoms with Crippen molar-refractivity contribution in [3.05, 3.63) is 190 Å². The van der Waals surface area contributed by atoms with Gasteiger partial charge < -0.3 is 80.4 Å². The molecule has 9 rings (SSSR count). The van der Waals surface area contributed by atoms with E-state index in [0.29, 0.717) is 165 Å². The summed E-state index contributed by atoms with van der Waals surface area (Å²) in [6, 6.07) is 44.2. The Morgan fingerprint density at radius 3 is 0.549 bits per heavy atom. The molecule has 20 heteroatoms. The molecule has 0 unspecified atom stereocenters. The minimum Gasteiger partial charge on any atom is -0.496 e. The van der Waals surface area contributed by atoms with Gasteiger partial charge in [-0.1, -0.05) is 300 Å². The maximum Gasteiger partial charge on any atom is 0.323 e. The molecule has 1 aliphatic rings. The second-order valence-electron chi connectivity index (χ2n) is 40.6. The van der Waals surface area contributed by atoms with Gasteiger partial charge in [-0.25, -0.2) is 19.2 Å². The second-order valence-corrected chi connectivity index (χ2v) is 40.6. The van der Waals surface area contributed by atoms with Gasteiger partial charge in [-0.2, -0.15) is 0 Å². The van der Waals surface area contributed by atoms with E-state index < -0.39 is 24.1 Å². The summed E-state index contributed by atoms with van der Waals surface area (Å²) >= 11 is 0. The Hall–Kier alpha value is -10.8. The van der Waals surface area contributed by atoms with E-state index in [1.54, 1.807) is 14.2 Å². The number of anilines is 8. The number of amides is 8. The van der Waals surface area contributed by atoms with Crippen LogP contribution in [-0.2, 0) is 25.7 Å². The normalized spacial score (nSPS) is 11.8. The number of unbranched alkanes of at least 4 members (excludes halogenated alkanes) is 28. The monoisotopic (exact) mass is 1980 g/mol. The van der Waals surface area contributed by atoms with Crippen LogP contribution in [0.25, 0.3) is 0 Å². The molecule has 8 aromatic rings. The summed E-state index contributed by atoms with van der Waals surface area (Å²) in [5.41, 5.74) is 9.81. The van der Waals surface area contributed by atoms with Crippen LogP contribution in [0.2, 0.25) is 0 Å². The molecule has 8 aromatic carbocycles. The molecule has 0 heterocycles. The first kappa shape index (κ1) is 117. The van der Waals surface area contributed by atoms with Crippen LogP contribution in [0.3, 0.4) is 0 Å². The lowest BCUT2D eigenvalue weighted by molar-refractivity contribution is 0.224. The number of methoxy groups -OCH3 is 2. The first-order valence-corrected chi connectivity index (χ1v) is 56.7. The summed E-state index contributed by atoms with van der Waals surface area (Å²) in [6.45, 7) is 25.7. The molecule has 792 valence electrons. The summed E-state index contributed by atoms with van der Waals surface area (Å²) in [5.74, 6) is 7.13. The zero-order valence-electron chi connectivity index (χ0n) is 90.7. The summed E-state index contributed by atoms with van der Waals surface area (Å²) in [5, 5.41) is 25.6. The Bertz CT molecular complexity index is 4580. The Balaban J connectivity index is 1.16. The lowest BCUT2D eigenvalue weighted by Crippen LogP contribution is -2.21. The fraction of sp³-hybridized carbons (Fsp3) is 0.581. The van der Waals surface area contributed by atoms with E-state index in [1.165, 1.54) is 205 Å². The van der Waals surface area contributed by atoms with Gasteiger partial charge in [0.25, 0.3) is 0 Å². The Kier molecular flexibility index (Phi) is 56.2. The minimum absolute atomic E-state index is 0.152. The van der Waals surface area contributed by atoms with Gasteiger partial charge in [-0.05, 0) is 233 Å². The Labute approximate surface area is 868 Å². The molecular formula is C124H184N8O12. The van der Waals surface area contributed by atoms with Crippen molar-refractivity contribution in [2.24, 2.45) is 23.7 Å². The number of nitrogens with one attached hydrogen (secondary N) is 8. The predicted octanol–water partition coefficient (Wildman–Crippen LogP) is 35.8. The fourth-order valence-corrected chi connectivity index (χ4v) is 19.8. The molecule has 0 fully saturated rings. The van der Waals surface area contributed by atoms with Crippen molar-refractivity contribution in [3.63, 3.8) is 0 Å². The molecule has 8 bridgehead atoms. The van der Waals surface area contributed by atoms with Crippen molar-refractivity contribution >= 4 is 69.6 Å². The Morgan fingerprint density at radius 2 is 0.375 bits per heavy atom. The average Bonchev–Trinajstić information content (AvgIpc) is 0.769. The van der Waals surface area contributed by atoms with E-state index in [1.807, 2.05) is 146 Å². The molecule has 8 amide bonds. The number of urea groups is 4. The molecule has 144 heavy (non-hydrogen) atoms. The van der Waals surface area contributed by atoms with Crippen LogP contribution < -0.4 is 80.4 Å². The van der Waals surface area contributed by atoms with Crippen LogP contribution in [0.4, 0.5) is 64.7 Å². The molecule has 0 atom stereocenters. The summed E-state index contributed by atoms with van der Waals surface area (Å²) in [4.78, 5) is 59.9. The first-order valence-electron chi connectivity index (χ1n) is 56.7. The lowest BCUT2D eigenvalue weighted by Gasteiger charge is -2.24. The van der Waals surface area contributed by atoms with Gasteiger partial charge in [0.1, 0.15) is 46.0 Å². The maximum absolute atomic E-state index is 15.0. The number of benzene rings is 8. The fourth-order valence-electron chi connectivity index (χ4n) is 19.8. The number of carbonyl (C=O) groups excluding carboxylic acids is 4. The number of ether oxygens (including phenoxy) is 8. The van der Waals surface area contributed by atoms with Crippen molar-refractivity contribution in [2.45, 2.75) is 390 Å². The quantitative estimate of drug-likeness (QED) is 0.0166. The third-order valence-corrected chi connectivity index (χ3v) is 28.0. The SMILES string of the molecule is CCCCCCC(CCCCCC)COc1ccc(NC(=O)Nc2cc3c(OC)c(c2)Cc2cc(NC(=O)Nc4ccc(OCC(CCCCCC)CCCCCC)cc4)cc(c2OCCCCC)Cc2cc(NC(=O)Nc4ccc(OCC(CCCCCC)CCCCCC)cc4)cc(c2OCCCCC)Cc2cc(NC(=O)Nc4ccc(OCC(CCCCCC)CCCCCC)cc4)cc(c2OC)C3)cc1. The van der Waals surface area contributed by atoms with E-state index in [9.17, 15) is 9.59 Å². The molecule has 0 aliphatic heterocycles. The number of fused-ring (bicyclic) bond motifs is 8. The second kappa shape index (κ2) is 69.3. The van der Waals surface area contributed by atoms with E-state index in [-0.39, 0.29) is 25.7 Å². The molecule has 0 saturated carbocycles. The molecule has 1 aliphatic carbocycles. The lowest BCUT2D eigenvalue weighted by atomic mass is 9.90. The Morgan fingerprint density at radius 1 is 0.208 bits per heavy atom. The van der Waals surface area contributed by atoms with Gasteiger partial charge >= 0.3 is 24.1 Å². The summed E-state index contributed by atoms with van der Waals surface area (Å²) < 4.78 is 54.1. The maximum atomic E-state index is 15.0. The smallest absolute Gasteiger partial charge is 0.323 e. The topological polar surface area (TPSA) is 238 Å². The molecule has 0 aromatic heterocycles. The van der Waals surface area contributed by atoms with Gasteiger partial charge in [-0.15, -0.1) is 0 Å². The van der Waals surface area contributed by atoms with Crippen LogP contribution in [0.15, 0.2) is 146 Å². The standard InChI is InChI=1S/C124H184N8O12/c1-13-23-33-41-51-93(52-42-34-24-14-2)89-141-113-67-59-105(60-68-113)125-121(133)129-109-81-97-77-98-82-110(130-122(134)126-106-61-69-114(70-62-106)142-90-94(53-43-35-25-15-3)54-44-36-26-16-4)84-100(118(98)138-12)79-102-86-112(132-124(136)128-108-65-73-116(74-66-108)144-92-96(57-47-39-29-19-7)58-48-40-30-20-8)88-104(120(102)140-76-50-32-22-10)80-103-87-111(85-101(78-99(83-109)117(97)137-11)119(103)139-75-49-31-21-9)131-123(135)127-107-63-71-115(72-64-107)143-91-95(55-45-37-27-17-5)56-46-38-28-18-6/h59-74,81-88,93-96H,13-58,75-80,89-92H2,1-12H3,(H2,125,129,133)(H2,126,130,134)(H2,127,131,135)(H2,128,132,136). The van der Waals surface area contributed by atoms with E-state index in [4.69, 9.17) is 37.9 Å². The number of carbonyl (C=O) groups is 4. The average molecular weight is 1980 g/mol. The van der Waals surface area contributed by atoms with Crippen LogP contribution in [0.1, 0.15) is 409 Å². The molecule has 0 saturated heterocycles. The largest absolute Gasteiger partial charge is 0.496 e. The van der Waals surface area contributed by atoms with E-state index in [0.717, 1.165) is 124 Å². The highest BCUT2D eigenvalue weighted by atomic mass is 16.5. The third-order valence-electron chi connectivity index (χ3n) is 28.0. The van der Waals surface area contributed by atoms with Crippen LogP contribution in [0.5, 0.6) is 46.0 Å². The highest BCUT2D eigenvalue weighted by molar-refractivity contribution is 6.02. The van der Waals surface area contributed by atoms with Crippen LogP contribution >= 0.6 is 0 Å².